The molecule has 0 atom stereocenters. The Morgan fingerprint density at radius 2 is 1.85 bits per heavy atom. The third kappa shape index (κ3) is 4.62. The number of halogens is 2. The number of fused-ring (bicyclic) bond motifs is 1. The largest absolute Gasteiger partial charge is 0.504 e. The Hall–Kier alpha value is -2.70. The molecule has 0 spiro atoms. The highest BCUT2D eigenvalue weighted by atomic mass is 35.5. The summed E-state index contributed by atoms with van der Waals surface area (Å²) in [4.78, 5) is 21.0. The second kappa shape index (κ2) is 9.88. The molecule has 1 N–H and O–H groups in total. The van der Waals surface area contributed by atoms with Gasteiger partial charge < -0.3 is 19.7 Å². The topological polar surface area (TPSA) is 56.7 Å². The van der Waals surface area contributed by atoms with Gasteiger partial charge in [-0.25, -0.2) is 4.39 Å². The maximum atomic E-state index is 14.2. The summed E-state index contributed by atoms with van der Waals surface area (Å²) in [6.07, 6.45) is 7.91. The van der Waals surface area contributed by atoms with Crippen LogP contribution >= 0.6 is 11.6 Å². The van der Waals surface area contributed by atoms with E-state index < -0.39 is 11.6 Å². The molecule has 3 aromatic rings. The number of aldehydes is 1. The summed E-state index contributed by atoms with van der Waals surface area (Å²) in [6.45, 7) is 5.51. The van der Waals surface area contributed by atoms with Crippen LogP contribution in [0.3, 0.4) is 0 Å². The zero-order valence-corrected chi connectivity index (χ0v) is 19.9. The van der Waals surface area contributed by atoms with Gasteiger partial charge in [-0.05, 0) is 80.1 Å². The van der Waals surface area contributed by atoms with Crippen LogP contribution in [-0.2, 0) is 11.2 Å². The van der Waals surface area contributed by atoms with Gasteiger partial charge in [-0.2, -0.15) is 0 Å². The molecule has 178 valence electrons. The highest BCUT2D eigenvalue weighted by Crippen LogP contribution is 2.37. The van der Waals surface area contributed by atoms with Crippen molar-refractivity contribution < 1.29 is 14.3 Å². The van der Waals surface area contributed by atoms with E-state index in [0.29, 0.717) is 17.9 Å². The number of aromatic hydroxyl groups is 1. The summed E-state index contributed by atoms with van der Waals surface area (Å²) in [7, 11) is 0. The van der Waals surface area contributed by atoms with Gasteiger partial charge in [-0.3, -0.25) is 4.98 Å². The molecule has 5 rings (SSSR count). The second-order valence-electron chi connectivity index (χ2n) is 9.46. The Morgan fingerprint density at radius 3 is 2.56 bits per heavy atom. The fourth-order valence-corrected chi connectivity index (χ4v) is 5.62. The zero-order chi connectivity index (χ0) is 23.7. The Balaban J connectivity index is 1.49. The third-order valence-electron chi connectivity index (χ3n) is 7.21. The Morgan fingerprint density at radius 1 is 1.09 bits per heavy atom. The van der Waals surface area contributed by atoms with E-state index in [2.05, 4.69) is 14.8 Å². The third-order valence-corrected chi connectivity index (χ3v) is 7.50. The maximum absolute atomic E-state index is 14.2. The van der Waals surface area contributed by atoms with E-state index in [1.807, 2.05) is 18.2 Å². The highest BCUT2D eigenvalue weighted by molar-refractivity contribution is 6.32. The molecule has 2 aliphatic rings. The number of likely N-dealkylation sites (tertiary alicyclic amines) is 1. The lowest BCUT2D eigenvalue weighted by molar-refractivity contribution is -0.107. The quantitative estimate of drug-likeness (QED) is 0.474. The van der Waals surface area contributed by atoms with E-state index in [1.165, 1.54) is 38.5 Å². The van der Waals surface area contributed by atoms with Gasteiger partial charge in [0, 0.05) is 43.2 Å². The highest BCUT2D eigenvalue weighted by Gasteiger charge is 2.25. The summed E-state index contributed by atoms with van der Waals surface area (Å²) in [5.74, 6) is -0.594. The van der Waals surface area contributed by atoms with Crippen molar-refractivity contribution >= 4 is 34.5 Å². The molecule has 34 heavy (non-hydrogen) atoms. The molecule has 0 saturated carbocycles. The number of phenols is 1. The SMILES string of the molecule is O=CCc1cnc2ccc(-c3cc(F)c(O)c(Cl)c3)cc2c1N1CCC(CN2CCCC2)CC1. The molecule has 2 aromatic carbocycles. The molecule has 2 saturated heterocycles. The van der Waals surface area contributed by atoms with E-state index >= 15 is 0 Å². The molecule has 0 radical (unpaired) electrons. The van der Waals surface area contributed by atoms with E-state index in [4.69, 9.17) is 11.6 Å². The molecule has 0 aliphatic carbocycles. The number of anilines is 1. The predicted octanol–water partition coefficient (Wildman–Crippen LogP) is 5.45. The van der Waals surface area contributed by atoms with Crippen LogP contribution in [0.5, 0.6) is 5.75 Å². The number of carbonyl (C=O) groups excluding carboxylic acids is 1. The minimum Gasteiger partial charge on any atom is -0.504 e. The van der Waals surface area contributed by atoms with Gasteiger partial charge in [0.25, 0.3) is 0 Å². The number of carbonyl (C=O) groups is 1. The summed E-state index contributed by atoms with van der Waals surface area (Å²) >= 11 is 6.03. The lowest BCUT2D eigenvalue weighted by atomic mass is 9.94. The molecule has 2 fully saturated rings. The molecule has 0 unspecified atom stereocenters. The van der Waals surface area contributed by atoms with E-state index in [-0.39, 0.29) is 5.02 Å². The van der Waals surface area contributed by atoms with Crippen LogP contribution in [-0.4, -0.2) is 54.0 Å². The summed E-state index contributed by atoms with van der Waals surface area (Å²) in [5, 5.41) is 10.6. The van der Waals surface area contributed by atoms with Gasteiger partial charge in [0.05, 0.1) is 16.2 Å². The maximum Gasteiger partial charge on any atom is 0.170 e. The van der Waals surface area contributed by atoms with Crippen molar-refractivity contribution in [1.82, 2.24) is 9.88 Å². The Kier molecular flexibility index (Phi) is 6.70. The van der Waals surface area contributed by atoms with E-state index in [0.717, 1.165) is 59.9 Å². The number of phenolic OH excluding ortho intramolecular Hbond substituents is 1. The lowest BCUT2D eigenvalue weighted by Crippen LogP contribution is -2.38. The molecule has 3 heterocycles. The number of hydrogen-bond acceptors (Lipinski definition) is 5. The first-order chi connectivity index (χ1) is 16.5. The van der Waals surface area contributed by atoms with Crippen molar-refractivity contribution in [3.8, 4) is 16.9 Å². The van der Waals surface area contributed by atoms with E-state index in [1.54, 1.807) is 12.3 Å². The van der Waals surface area contributed by atoms with Crippen molar-refractivity contribution in [2.75, 3.05) is 37.6 Å². The van der Waals surface area contributed by atoms with Crippen molar-refractivity contribution in [2.45, 2.75) is 32.1 Å². The monoisotopic (exact) mass is 481 g/mol. The van der Waals surface area contributed by atoms with E-state index in [9.17, 15) is 14.3 Å². The number of aromatic nitrogens is 1. The Labute approximate surface area is 204 Å². The average molecular weight is 482 g/mol. The standard InChI is InChI=1S/C27H29ClFN3O2/c28-23-14-21(15-24(29)27(23)34)19-3-4-25-22(13-19)26(20(7-12-33)16-30-25)32-10-5-18(6-11-32)17-31-8-1-2-9-31/h3-4,12-16,18,34H,1-2,5-11,17H2. The van der Waals surface area contributed by atoms with Crippen LogP contribution in [0.1, 0.15) is 31.2 Å². The molecule has 2 aliphatic heterocycles. The number of hydrogen-bond donors (Lipinski definition) is 1. The zero-order valence-electron chi connectivity index (χ0n) is 19.1. The Bertz CT molecular complexity index is 1180. The molecular weight excluding hydrogens is 453 g/mol. The van der Waals surface area contributed by atoms with Crippen molar-refractivity contribution in [3.63, 3.8) is 0 Å². The predicted molar refractivity (Wildman–Crippen MR) is 134 cm³/mol. The van der Waals surface area contributed by atoms with Crippen LogP contribution in [0.4, 0.5) is 10.1 Å². The lowest BCUT2D eigenvalue weighted by Gasteiger charge is -2.36. The van der Waals surface area contributed by atoms with Crippen LogP contribution in [0.15, 0.2) is 36.5 Å². The van der Waals surface area contributed by atoms with Crippen molar-refractivity contribution in [2.24, 2.45) is 5.92 Å². The van der Waals surface area contributed by atoms with Crippen LogP contribution in [0.25, 0.3) is 22.0 Å². The van der Waals surface area contributed by atoms with Crippen LogP contribution < -0.4 is 4.90 Å². The van der Waals surface area contributed by atoms with Crippen molar-refractivity contribution in [1.29, 1.82) is 0 Å². The molecule has 5 nitrogen and oxygen atoms in total. The first-order valence-corrected chi connectivity index (χ1v) is 12.4. The minimum absolute atomic E-state index is 0.0248. The van der Waals surface area contributed by atoms with Gasteiger partial charge in [-0.15, -0.1) is 0 Å². The van der Waals surface area contributed by atoms with Gasteiger partial charge in [0.1, 0.15) is 6.29 Å². The summed E-state index contributed by atoms with van der Waals surface area (Å²) in [6, 6.07) is 8.63. The molecular formula is C27H29ClFN3O2. The number of nitrogens with zero attached hydrogens (tertiary/aromatic N) is 3. The summed E-state index contributed by atoms with van der Waals surface area (Å²) < 4.78 is 14.2. The molecule has 0 bridgehead atoms. The number of piperidine rings is 1. The van der Waals surface area contributed by atoms with Crippen LogP contribution in [0.2, 0.25) is 5.02 Å². The van der Waals surface area contributed by atoms with Crippen molar-refractivity contribution in [3.05, 3.63) is 52.9 Å². The van der Waals surface area contributed by atoms with Gasteiger partial charge in [0.2, 0.25) is 0 Å². The average Bonchev–Trinajstić information content (AvgIpc) is 3.36. The smallest absolute Gasteiger partial charge is 0.170 e. The van der Waals surface area contributed by atoms with Gasteiger partial charge in [0.15, 0.2) is 11.6 Å². The second-order valence-corrected chi connectivity index (χ2v) is 9.87. The molecule has 7 heteroatoms. The first-order valence-electron chi connectivity index (χ1n) is 12.0. The summed E-state index contributed by atoms with van der Waals surface area (Å²) in [5.41, 5.74) is 4.15. The number of pyridine rings is 1. The fourth-order valence-electron chi connectivity index (χ4n) is 5.41. The number of benzene rings is 2. The molecule has 0 amide bonds. The van der Waals surface area contributed by atoms with Gasteiger partial charge in [-0.1, -0.05) is 17.7 Å². The van der Waals surface area contributed by atoms with Crippen LogP contribution in [0, 0.1) is 11.7 Å². The molecule has 1 aromatic heterocycles. The normalized spacial score (nSPS) is 17.5. The fraction of sp³-hybridized carbons (Fsp3) is 0.407. The number of rotatable bonds is 6. The van der Waals surface area contributed by atoms with Gasteiger partial charge >= 0.3 is 0 Å². The first kappa shape index (κ1) is 23.1. The minimum atomic E-state index is -0.754.